The van der Waals surface area contributed by atoms with E-state index in [1.54, 1.807) is 31.2 Å². The van der Waals surface area contributed by atoms with Crippen molar-refractivity contribution in [3.8, 4) is 0 Å². The number of amides is 1. The van der Waals surface area contributed by atoms with Crippen molar-refractivity contribution in [2.75, 3.05) is 5.32 Å². The average molecular weight is 292 g/mol. The SMILES string of the molecule is Cc1cc(C(=O)Nc2cccc(Cl)n2)cc([N+](=O)[O-])c1. The predicted octanol–water partition coefficient (Wildman–Crippen LogP) is 3.20. The fraction of sp³-hybridized carbons (Fsp3) is 0.0769. The maximum absolute atomic E-state index is 12.0. The number of rotatable bonds is 3. The van der Waals surface area contributed by atoms with E-state index in [2.05, 4.69) is 10.3 Å². The van der Waals surface area contributed by atoms with Gasteiger partial charge in [-0.25, -0.2) is 4.98 Å². The number of nitrogens with one attached hydrogen (secondary N) is 1. The van der Waals surface area contributed by atoms with Crippen LogP contribution >= 0.6 is 11.6 Å². The van der Waals surface area contributed by atoms with Crippen LogP contribution in [0.5, 0.6) is 0 Å². The summed E-state index contributed by atoms with van der Waals surface area (Å²) in [4.78, 5) is 26.2. The molecule has 0 atom stereocenters. The summed E-state index contributed by atoms with van der Waals surface area (Å²) in [6.07, 6.45) is 0. The summed E-state index contributed by atoms with van der Waals surface area (Å²) in [7, 11) is 0. The Balaban J connectivity index is 2.27. The number of aromatic nitrogens is 1. The fourth-order valence-electron chi connectivity index (χ4n) is 1.67. The number of hydrogen-bond donors (Lipinski definition) is 1. The van der Waals surface area contributed by atoms with Gasteiger partial charge in [0.05, 0.1) is 4.92 Å². The van der Waals surface area contributed by atoms with Crippen LogP contribution in [-0.2, 0) is 0 Å². The molecular weight excluding hydrogens is 282 g/mol. The van der Waals surface area contributed by atoms with Gasteiger partial charge in [0, 0.05) is 17.7 Å². The van der Waals surface area contributed by atoms with Gasteiger partial charge in [-0.3, -0.25) is 14.9 Å². The standard InChI is InChI=1S/C13H10ClN3O3/c1-8-5-9(7-10(6-8)17(19)20)13(18)16-12-4-2-3-11(14)15-12/h2-7H,1H3,(H,15,16,18). The molecule has 0 aliphatic heterocycles. The molecule has 6 nitrogen and oxygen atoms in total. The van der Waals surface area contributed by atoms with E-state index in [-0.39, 0.29) is 22.2 Å². The molecule has 1 aromatic heterocycles. The number of pyridine rings is 1. The van der Waals surface area contributed by atoms with Gasteiger partial charge in [-0.05, 0) is 30.7 Å². The number of nitro groups is 1. The lowest BCUT2D eigenvalue weighted by molar-refractivity contribution is -0.384. The van der Waals surface area contributed by atoms with E-state index in [1.165, 1.54) is 12.1 Å². The van der Waals surface area contributed by atoms with Crippen LogP contribution in [0.1, 0.15) is 15.9 Å². The number of nitrogens with zero attached hydrogens (tertiary/aromatic N) is 2. The number of halogens is 1. The lowest BCUT2D eigenvalue weighted by atomic mass is 10.1. The number of hydrogen-bond acceptors (Lipinski definition) is 4. The number of anilines is 1. The molecule has 0 saturated carbocycles. The molecule has 1 heterocycles. The van der Waals surface area contributed by atoms with Crippen molar-refractivity contribution in [1.82, 2.24) is 4.98 Å². The second kappa shape index (κ2) is 5.66. The van der Waals surface area contributed by atoms with Gasteiger partial charge in [0.15, 0.2) is 0 Å². The van der Waals surface area contributed by atoms with Gasteiger partial charge in [-0.1, -0.05) is 17.7 Å². The zero-order valence-electron chi connectivity index (χ0n) is 10.5. The molecule has 0 saturated heterocycles. The Bertz CT molecular complexity index is 688. The van der Waals surface area contributed by atoms with Crippen molar-refractivity contribution in [2.45, 2.75) is 6.92 Å². The van der Waals surface area contributed by atoms with Gasteiger partial charge in [-0.2, -0.15) is 0 Å². The van der Waals surface area contributed by atoms with Crippen molar-refractivity contribution in [2.24, 2.45) is 0 Å². The second-order valence-corrected chi connectivity index (χ2v) is 4.50. The summed E-state index contributed by atoms with van der Waals surface area (Å²) >= 11 is 5.71. The third-order valence-electron chi connectivity index (χ3n) is 2.49. The third-order valence-corrected chi connectivity index (χ3v) is 2.70. The minimum absolute atomic E-state index is 0.130. The largest absolute Gasteiger partial charge is 0.307 e. The minimum atomic E-state index is -0.540. The minimum Gasteiger partial charge on any atom is -0.307 e. The van der Waals surface area contributed by atoms with Crippen LogP contribution in [0.4, 0.5) is 11.5 Å². The van der Waals surface area contributed by atoms with Crippen molar-refractivity contribution < 1.29 is 9.72 Å². The number of carbonyl (C=O) groups is 1. The van der Waals surface area contributed by atoms with Gasteiger partial charge in [-0.15, -0.1) is 0 Å². The van der Waals surface area contributed by atoms with Crippen LogP contribution in [0.3, 0.4) is 0 Å². The number of carbonyl (C=O) groups excluding carboxylic acids is 1. The number of nitro benzene ring substituents is 1. The first-order valence-corrected chi connectivity index (χ1v) is 6.03. The lowest BCUT2D eigenvalue weighted by Crippen LogP contribution is -2.13. The predicted molar refractivity (Wildman–Crippen MR) is 75.0 cm³/mol. The molecule has 0 bridgehead atoms. The first-order valence-electron chi connectivity index (χ1n) is 5.66. The Morgan fingerprint density at radius 2 is 2.10 bits per heavy atom. The first-order chi connectivity index (χ1) is 9.45. The number of aryl methyl sites for hydroxylation is 1. The van der Waals surface area contributed by atoms with Crippen molar-refractivity contribution in [3.05, 3.63) is 62.8 Å². The molecule has 1 N–H and O–H groups in total. The molecule has 2 aromatic rings. The Hall–Kier alpha value is -2.47. The van der Waals surface area contributed by atoms with Crippen LogP contribution in [0.2, 0.25) is 5.15 Å². The van der Waals surface area contributed by atoms with Crippen molar-refractivity contribution >= 4 is 29.0 Å². The summed E-state index contributed by atoms with van der Waals surface area (Å²) in [5.41, 5.74) is 0.691. The zero-order valence-corrected chi connectivity index (χ0v) is 11.2. The zero-order chi connectivity index (χ0) is 14.7. The lowest BCUT2D eigenvalue weighted by Gasteiger charge is -2.05. The van der Waals surface area contributed by atoms with Gasteiger partial charge < -0.3 is 5.32 Å². The third kappa shape index (κ3) is 3.30. The van der Waals surface area contributed by atoms with Crippen LogP contribution in [0, 0.1) is 17.0 Å². The highest BCUT2D eigenvalue weighted by atomic mass is 35.5. The van der Waals surface area contributed by atoms with E-state index in [0.29, 0.717) is 5.56 Å². The molecule has 20 heavy (non-hydrogen) atoms. The summed E-state index contributed by atoms with van der Waals surface area (Å²) in [6, 6.07) is 8.97. The van der Waals surface area contributed by atoms with E-state index in [0.717, 1.165) is 0 Å². The molecule has 1 aromatic carbocycles. The average Bonchev–Trinajstić information content (AvgIpc) is 2.37. The molecule has 0 fully saturated rings. The van der Waals surface area contributed by atoms with Crippen LogP contribution < -0.4 is 5.32 Å². The summed E-state index contributed by atoms with van der Waals surface area (Å²) < 4.78 is 0. The fourth-order valence-corrected chi connectivity index (χ4v) is 1.83. The highest BCUT2D eigenvalue weighted by Crippen LogP contribution is 2.18. The van der Waals surface area contributed by atoms with Gasteiger partial charge in [0.2, 0.25) is 0 Å². The quantitative estimate of drug-likeness (QED) is 0.534. The number of benzene rings is 1. The van der Waals surface area contributed by atoms with Crippen molar-refractivity contribution in [3.63, 3.8) is 0 Å². The monoisotopic (exact) mass is 291 g/mol. The Morgan fingerprint density at radius 1 is 1.35 bits per heavy atom. The van der Waals surface area contributed by atoms with Gasteiger partial charge >= 0.3 is 0 Å². The number of non-ortho nitro benzene ring substituents is 1. The maximum Gasteiger partial charge on any atom is 0.270 e. The first kappa shape index (κ1) is 14.0. The van der Waals surface area contributed by atoms with Crippen LogP contribution in [0.25, 0.3) is 0 Å². The Kier molecular flexibility index (Phi) is 3.95. The Morgan fingerprint density at radius 3 is 2.75 bits per heavy atom. The topological polar surface area (TPSA) is 85.1 Å². The van der Waals surface area contributed by atoms with Gasteiger partial charge in [0.25, 0.3) is 11.6 Å². The molecule has 0 spiro atoms. The maximum atomic E-state index is 12.0. The van der Waals surface area contributed by atoms with Gasteiger partial charge in [0.1, 0.15) is 11.0 Å². The molecular formula is C13H10ClN3O3. The Labute approximate surface area is 119 Å². The van der Waals surface area contributed by atoms with Crippen LogP contribution in [-0.4, -0.2) is 15.8 Å². The smallest absolute Gasteiger partial charge is 0.270 e. The second-order valence-electron chi connectivity index (χ2n) is 4.11. The molecule has 1 amide bonds. The highest BCUT2D eigenvalue weighted by molar-refractivity contribution is 6.29. The normalized spacial score (nSPS) is 10.1. The molecule has 0 radical (unpaired) electrons. The molecule has 0 aliphatic carbocycles. The van der Waals surface area contributed by atoms with Crippen molar-refractivity contribution in [1.29, 1.82) is 0 Å². The molecule has 0 aliphatic rings. The molecule has 7 heteroatoms. The summed E-state index contributed by atoms with van der Waals surface area (Å²) in [5, 5.41) is 13.6. The van der Waals surface area contributed by atoms with E-state index in [4.69, 9.17) is 11.6 Å². The van der Waals surface area contributed by atoms with E-state index in [9.17, 15) is 14.9 Å². The van der Waals surface area contributed by atoms with E-state index < -0.39 is 10.8 Å². The summed E-state index contributed by atoms with van der Waals surface area (Å²) in [6.45, 7) is 1.68. The van der Waals surface area contributed by atoms with E-state index >= 15 is 0 Å². The summed E-state index contributed by atoms with van der Waals surface area (Å²) in [5.74, 6) is -0.196. The molecule has 102 valence electrons. The molecule has 2 rings (SSSR count). The molecule has 0 unspecified atom stereocenters. The van der Waals surface area contributed by atoms with E-state index in [1.807, 2.05) is 0 Å². The highest BCUT2D eigenvalue weighted by Gasteiger charge is 2.13. The van der Waals surface area contributed by atoms with Crippen LogP contribution in [0.15, 0.2) is 36.4 Å².